The summed E-state index contributed by atoms with van der Waals surface area (Å²) < 4.78 is 11.4. The van der Waals surface area contributed by atoms with Crippen LogP contribution in [-0.2, 0) is 22.7 Å². The SMILES string of the molecule is COc1cc(CNCc2ccccc2)ccc1OCC(O)c1cc(C)c(C)cc1C.O=C(O)C(=O)O. The first-order valence-corrected chi connectivity index (χ1v) is 11.4. The minimum Gasteiger partial charge on any atom is -0.493 e. The van der Waals surface area contributed by atoms with Gasteiger partial charge in [0.2, 0.25) is 0 Å². The highest BCUT2D eigenvalue weighted by atomic mass is 16.5. The highest BCUT2D eigenvalue weighted by Gasteiger charge is 2.14. The average Bonchev–Trinajstić information content (AvgIpc) is 2.86. The summed E-state index contributed by atoms with van der Waals surface area (Å²) in [4.78, 5) is 18.2. The van der Waals surface area contributed by atoms with Gasteiger partial charge in [-0.1, -0.05) is 48.5 Å². The van der Waals surface area contributed by atoms with Gasteiger partial charge < -0.3 is 30.1 Å². The van der Waals surface area contributed by atoms with Crippen molar-refractivity contribution in [2.75, 3.05) is 13.7 Å². The number of carboxylic acids is 2. The van der Waals surface area contributed by atoms with E-state index in [1.807, 2.05) is 49.4 Å². The van der Waals surface area contributed by atoms with Gasteiger partial charge in [0, 0.05) is 13.1 Å². The molecule has 0 heterocycles. The number of rotatable bonds is 9. The monoisotopic (exact) mass is 495 g/mol. The molecule has 0 bridgehead atoms. The maximum absolute atomic E-state index is 10.6. The van der Waals surface area contributed by atoms with Crippen molar-refractivity contribution >= 4 is 11.9 Å². The van der Waals surface area contributed by atoms with Crippen molar-refractivity contribution in [2.24, 2.45) is 0 Å². The van der Waals surface area contributed by atoms with Crippen molar-refractivity contribution in [3.8, 4) is 11.5 Å². The number of hydrogen-bond acceptors (Lipinski definition) is 6. The van der Waals surface area contributed by atoms with Crippen LogP contribution in [0.2, 0.25) is 0 Å². The van der Waals surface area contributed by atoms with E-state index in [1.54, 1.807) is 7.11 Å². The molecule has 8 heteroatoms. The Hall–Kier alpha value is -3.88. The van der Waals surface area contributed by atoms with Crippen LogP contribution in [0.15, 0.2) is 60.7 Å². The summed E-state index contributed by atoms with van der Waals surface area (Å²) in [7, 11) is 1.63. The van der Waals surface area contributed by atoms with Gasteiger partial charge in [-0.3, -0.25) is 0 Å². The zero-order valence-corrected chi connectivity index (χ0v) is 20.9. The van der Waals surface area contributed by atoms with Gasteiger partial charge in [0.05, 0.1) is 7.11 Å². The van der Waals surface area contributed by atoms with E-state index in [9.17, 15) is 5.11 Å². The van der Waals surface area contributed by atoms with Crippen LogP contribution >= 0.6 is 0 Å². The largest absolute Gasteiger partial charge is 0.493 e. The fourth-order valence-electron chi connectivity index (χ4n) is 3.49. The molecule has 0 saturated carbocycles. The van der Waals surface area contributed by atoms with Crippen LogP contribution in [0, 0.1) is 20.8 Å². The molecule has 4 N–H and O–H groups in total. The lowest BCUT2D eigenvalue weighted by Gasteiger charge is -2.18. The zero-order chi connectivity index (χ0) is 26.7. The number of aryl methyl sites for hydroxylation is 3. The molecule has 0 aromatic heterocycles. The summed E-state index contributed by atoms with van der Waals surface area (Å²) in [5, 5.41) is 28.9. The normalized spacial score (nSPS) is 11.1. The molecular weight excluding hydrogens is 462 g/mol. The van der Waals surface area contributed by atoms with E-state index >= 15 is 0 Å². The first kappa shape index (κ1) is 28.4. The Morgan fingerprint density at radius 1 is 0.806 bits per heavy atom. The Balaban J connectivity index is 0.000000678. The number of methoxy groups -OCH3 is 1. The van der Waals surface area contributed by atoms with Crippen LogP contribution < -0.4 is 14.8 Å². The highest BCUT2D eigenvalue weighted by molar-refractivity contribution is 6.27. The van der Waals surface area contributed by atoms with Crippen molar-refractivity contribution in [1.29, 1.82) is 0 Å². The average molecular weight is 496 g/mol. The molecule has 1 unspecified atom stereocenters. The second kappa shape index (κ2) is 13.9. The number of hydrogen-bond donors (Lipinski definition) is 4. The van der Waals surface area contributed by atoms with E-state index in [-0.39, 0.29) is 6.61 Å². The highest BCUT2D eigenvalue weighted by Crippen LogP contribution is 2.30. The Labute approximate surface area is 211 Å². The van der Waals surface area contributed by atoms with E-state index in [0.29, 0.717) is 11.5 Å². The Morgan fingerprint density at radius 2 is 1.42 bits per heavy atom. The van der Waals surface area contributed by atoms with Crippen molar-refractivity contribution in [2.45, 2.75) is 40.0 Å². The molecule has 0 amide bonds. The number of nitrogens with one attached hydrogen (secondary N) is 1. The summed E-state index contributed by atoms with van der Waals surface area (Å²) >= 11 is 0. The second-order valence-corrected chi connectivity index (χ2v) is 8.30. The molecule has 0 spiro atoms. The number of ether oxygens (including phenoxy) is 2. The molecular formula is C28H33NO7. The fraction of sp³-hybridized carbons (Fsp3) is 0.286. The first-order chi connectivity index (χ1) is 17.1. The van der Waals surface area contributed by atoms with Crippen LogP contribution in [-0.4, -0.2) is 41.0 Å². The quantitative estimate of drug-likeness (QED) is 0.326. The Morgan fingerprint density at radius 3 is 2.03 bits per heavy atom. The molecule has 3 aromatic rings. The molecule has 1 atom stereocenters. The Bertz CT molecular complexity index is 1150. The topological polar surface area (TPSA) is 125 Å². The van der Waals surface area contributed by atoms with Gasteiger partial charge in [-0.15, -0.1) is 0 Å². The van der Waals surface area contributed by atoms with Crippen molar-refractivity contribution < 1.29 is 34.4 Å². The molecule has 8 nitrogen and oxygen atoms in total. The van der Waals surface area contributed by atoms with E-state index in [1.165, 1.54) is 16.7 Å². The zero-order valence-electron chi connectivity index (χ0n) is 20.9. The third-order valence-electron chi connectivity index (χ3n) is 5.55. The maximum Gasteiger partial charge on any atom is 0.414 e. The van der Waals surface area contributed by atoms with Crippen molar-refractivity contribution in [3.05, 3.63) is 94.0 Å². The first-order valence-electron chi connectivity index (χ1n) is 11.4. The number of aliphatic carboxylic acids is 2. The molecule has 0 radical (unpaired) electrons. The molecule has 0 saturated heterocycles. The van der Waals surface area contributed by atoms with Crippen LogP contribution in [0.1, 0.15) is 39.5 Å². The van der Waals surface area contributed by atoms with Crippen LogP contribution in [0.5, 0.6) is 11.5 Å². The summed E-state index contributed by atoms with van der Waals surface area (Å²) in [6.45, 7) is 7.86. The number of aliphatic hydroxyl groups is 1. The lowest BCUT2D eigenvalue weighted by Crippen LogP contribution is -2.13. The van der Waals surface area contributed by atoms with Crippen molar-refractivity contribution in [3.63, 3.8) is 0 Å². The van der Waals surface area contributed by atoms with E-state index in [2.05, 4.69) is 37.4 Å². The fourth-order valence-corrected chi connectivity index (χ4v) is 3.49. The molecule has 3 aromatic carbocycles. The van der Waals surface area contributed by atoms with Gasteiger partial charge in [-0.25, -0.2) is 9.59 Å². The van der Waals surface area contributed by atoms with Gasteiger partial charge in [0.25, 0.3) is 0 Å². The molecule has 0 aliphatic rings. The number of carbonyl (C=O) groups is 2. The van der Waals surface area contributed by atoms with Crippen LogP contribution in [0.3, 0.4) is 0 Å². The molecule has 0 fully saturated rings. The lowest BCUT2D eigenvalue weighted by atomic mass is 9.97. The van der Waals surface area contributed by atoms with Gasteiger partial charge in [0.15, 0.2) is 11.5 Å². The minimum atomic E-state index is -1.82. The summed E-state index contributed by atoms with van der Waals surface area (Å²) in [6, 6.07) is 20.3. The third-order valence-corrected chi connectivity index (χ3v) is 5.55. The van der Waals surface area contributed by atoms with Gasteiger partial charge in [-0.05, 0) is 66.3 Å². The smallest absolute Gasteiger partial charge is 0.414 e. The molecule has 192 valence electrons. The molecule has 0 aliphatic carbocycles. The van der Waals surface area contributed by atoms with E-state index in [4.69, 9.17) is 29.3 Å². The maximum atomic E-state index is 10.6. The number of carboxylic acid groups (broad SMARTS) is 2. The van der Waals surface area contributed by atoms with Crippen LogP contribution in [0.4, 0.5) is 0 Å². The number of aliphatic hydroxyl groups excluding tert-OH is 1. The van der Waals surface area contributed by atoms with Gasteiger partial charge in [0.1, 0.15) is 12.7 Å². The minimum absolute atomic E-state index is 0.172. The molecule has 3 rings (SSSR count). The third kappa shape index (κ3) is 8.72. The number of benzene rings is 3. The van der Waals surface area contributed by atoms with E-state index in [0.717, 1.165) is 29.8 Å². The predicted octanol–water partition coefficient (Wildman–Crippen LogP) is 4.18. The Kier molecular flexibility index (Phi) is 10.9. The van der Waals surface area contributed by atoms with Crippen molar-refractivity contribution in [1.82, 2.24) is 5.32 Å². The lowest BCUT2D eigenvalue weighted by molar-refractivity contribution is -0.159. The summed E-state index contributed by atoms with van der Waals surface area (Å²) in [5.74, 6) is -2.35. The molecule has 0 aliphatic heterocycles. The van der Waals surface area contributed by atoms with Gasteiger partial charge in [-0.2, -0.15) is 0 Å². The summed E-state index contributed by atoms with van der Waals surface area (Å²) in [5.41, 5.74) is 6.72. The predicted molar refractivity (Wildman–Crippen MR) is 136 cm³/mol. The second-order valence-electron chi connectivity index (χ2n) is 8.30. The standard InChI is InChI=1S/C26H31NO3.C2H2O4/c1-18-12-20(3)23(13-19(18)2)24(28)17-30-25-11-10-22(14-26(25)29-4)16-27-15-21-8-6-5-7-9-21;3-1(4)2(5)6/h5-14,24,27-28H,15-17H2,1-4H3;(H,3,4)(H,5,6). The molecule has 36 heavy (non-hydrogen) atoms. The van der Waals surface area contributed by atoms with E-state index < -0.39 is 18.0 Å². The van der Waals surface area contributed by atoms with Gasteiger partial charge >= 0.3 is 11.9 Å². The summed E-state index contributed by atoms with van der Waals surface area (Å²) in [6.07, 6.45) is -0.693. The van der Waals surface area contributed by atoms with Crippen LogP contribution in [0.25, 0.3) is 0 Å².